The van der Waals surface area contributed by atoms with E-state index in [0.717, 1.165) is 0 Å². The molecule has 1 N–H and O–H groups in total. The molecule has 0 atom stereocenters. The first-order chi connectivity index (χ1) is 12.4. The molecule has 2 aromatic heterocycles. The molecular weight excluding hydrogens is 316 g/mol. The van der Waals surface area contributed by atoms with E-state index in [0.29, 0.717) is 0 Å². The molecule has 0 saturated heterocycles. The van der Waals surface area contributed by atoms with Crippen molar-refractivity contribution in [1.82, 2.24) is 20.4 Å². The predicted octanol–water partition coefficient (Wildman–Crippen LogP) is 4.17. The van der Waals surface area contributed by atoms with Gasteiger partial charge < -0.3 is 14.5 Å². The van der Waals surface area contributed by atoms with Crippen LogP contribution in [0, 0.1) is 0 Å². The summed E-state index contributed by atoms with van der Waals surface area (Å²) in [4.78, 5) is 3.38. The van der Waals surface area contributed by atoms with Crippen LogP contribution in [-0.4, -0.2) is 20.4 Å². The second kappa shape index (κ2) is 8.83. The molecule has 0 amide bonds. The maximum Gasteiger partial charge on any atom is 0.125 e. The van der Waals surface area contributed by atoms with Crippen molar-refractivity contribution in [2.24, 2.45) is 0 Å². The van der Waals surface area contributed by atoms with Gasteiger partial charge in [-0.15, -0.1) is 10.2 Å². The van der Waals surface area contributed by atoms with Crippen molar-refractivity contribution in [3.05, 3.63) is 92.0 Å². The van der Waals surface area contributed by atoms with E-state index in [1.54, 1.807) is 18.5 Å². The van der Waals surface area contributed by atoms with Crippen LogP contribution in [0.5, 0.6) is 0 Å². The fourth-order valence-electron chi connectivity index (χ4n) is 2.22. The standard InChI is InChI=1S/C12H9N.C4H4O2.C3H3N3/c1-3-7-11-9(5-1)10-6-2-4-8-12(10)13-11;1-2-6-4-3-5-1;1-2-4-6-5-3-1/h1-8,13H;1-4H;1-3H. The van der Waals surface area contributed by atoms with E-state index in [2.05, 4.69) is 78.4 Å². The van der Waals surface area contributed by atoms with Crippen LogP contribution in [0.2, 0.25) is 0 Å². The first kappa shape index (κ1) is 16.2. The Balaban J connectivity index is 0.000000127. The fourth-order valence-corrected chi connectivity index (χ4v) is 2.22. The number of hydrogen-bond donors (Lipinski definition) is 1. The molecule has 0 unspecified atom stereocenters. The lowest BCUT2D eigenvalue weighted by Crippen LogP contribution is -1.78. The summed E-state index contributed by atoms with van der Waals surface area (Å²) in [7, 11) is 0. The van der Waals surface area contributed by atoms with Crippen molar-refractivity contribution in [2.45, 2.75) is 0 Å². The highest BCUT2D eigenvalue weighted by atomic mass is 16.5. The van der Waals surface area contributed by atoms with E-state index >= 15 is 0 Å². The van der Waals surface area contributed by atoms with E-state index in [1.165, 1.54) is 46.9 Å². The second-order valence-corrected chi connectivity index (χ2v) is 4.84. The molecule has 1 aliphatic rings. The van der Waals surface area contributed by atoms with E-state index in [-0.39, 0.29) is 0 Å². The summed E-state index contributed by atoms with van der Waals surface area (Å²) in [6.07, 6.45) is 8.99. The Morgan fingerprint density at radius 3 is 1.44 bits per heavy atom. The van der Waals surface area contributed by atoms with Gasteiger partial charge >= 0.3 is 0 Å². The number of aromatic nitrogens is 4. The summed E-state index contributed by atoms with van der Waals surface area (Å²) in [5, 5.41) is 12.7. The number of rotatable bonds is 0. The Morgan fingerprint density at radius 1 is 0.600 bits per heavy atom. The Hall–Kier alpha value is -3.67. The maximum atomic E-state index is 4.58. The molecule has 0 spiro atoms. The molecule has 0 radical (unpaired) electrons. The van der Waals surface area contributed by atoms with Gasteiger partial charge in [-0.05, 0) is 23.4 Å². The van der Waals surface area contributed by atoms with Crippen LogP contribution in [0.4, 0.5) is 0 Å². The summed E-state index contributed by atoms with van der Waals surface area (Å²) in [6.45, 7) is 0. The van der Waals surface area contributed by atoms with Gasteiger partial charge in [0.2, 0.25) is 0 Å². The Bertz CT molecular complexity index is 868. The number of benzene rings is 2. The van der Waals surface area contributed by atoms with Gasteiger partial charge in [-0.25, -0.2) is 0 Å². The lowest BCUT2D eigenvalue weighted by atomic mass is 10.2. The summed E-state index contributed by atoms with van der Waals surface area (Å²) in [5.74, 6) is 0. The second-order valence-electron chi connectivity index (χ2n) is 4.84. The molecule has 25 heavy (non-hydrogen) atoms. The molecule has 2 aromatic carbocycles. The molecule has 6 heteroatoms. The fraction of sp³-hybridized carbons (Fsp3) is 0. The van der Waals surface area contributed by atoms with Gasteiger partial charge in [0.15, 0.2) is 0 Å². The number of H-pyrrole nitrogens is 1. The van der Waals surface area contributed by atoms with Crippen LogP contribution in [0.15, 0.2) is 92.0 Å². The van der Waals surface area contributed by atoms with Crippen molar-refractivity contribution >= 4 is 21.8 Å². The van der Waals surface area contributed by atoms with Gasteiger partial charge in [0, 0.05) is 21.8 Å². The van der Waals surface area contributed by atoms with Gasteiger partial charge in [0.05, 0.1) is 12.4 Å². The van der Waals surface area contributed by atoms with Gasteiger partial charge in [-0.1, -0.05) is 36.4 Å². The SMILES string of the molecule is C1=COC=CO1.c1ccc2c(c1)[nH]c1ccccc12.c1cnnnc1. The molecular formula is C19H16N4O2. The molecule has 4 aromatic rings. The zero-order valence-corrected chi connectivity index (χ0v) is 13.3. The molecule has 3 heterocycles. The number of ether oxygens (including phenoxy) is 2. The van der Waals surface area contributed by atoms with Crippen LogP contribution < -0.4 is 0 Å². The minimum Gasteiger partial charge on any atom is -0.466 e. The highest BCUT2D eigenvalue weighted by Gasteiger charge is 2.00. The van der Waals surface area contributed by atoms with E-state index < -0.39 is 0 Å². The predicted molar refractivity (Wildman–Crippen MR) is 96.1 cm³/mol. The molecule has 0 fully saturated rings. The van der Waals surface area contributed by atoms with Crippen molar-refractivity contribution < 1.29 is 9.47 Å². The average molecular weight is 332 g/mol. The van der Waals surface area contributed by atoms with E-state index in [4.69, 9.17) is 0 Å². The van der Waals surface area contributed by atoms with Crippen LogP contribution >= 0.6 is 0 Å². The number of fused-ring (bicyclic) bond motifs is 3. The number of aromatic amines is 1. The third-order valence-corrected chi connectivity index (χ3v) is 3.25. The third-order valence-electron chi connectivity index (χ3n) is 3.25. The monoisotopic (exact) mass is 332 g/mol. The van der Waals surface area contributed by atoms with E-state index in [1.807, 2.05) is 0 Å². The largest absolute Gasteiger partial charge is 0.466 e. The summed E-state index contributed by atoms with van der Waals surface area (Å²) in [6, 6.07) is 18.5. The maximum absolute atomic E-state index is 4.58. The number of hydrogen-bond acceptors (Lipinski definition) is 5. The number of nitrogens with one attached hydrogen (secondary N) is 1. The van der Waals surface area contributed by atoms with Crippen LogP contribution in [-0.2, 0) is 9.47 Å². The highest BCUT2D eigenvalue weighted by Crippen LogP contribution is 2.24. The molecule has 5 rings (SSSR count). The molecule has 124 valence electrons. The zero-order valence-electron chi connectivity index (χ0n) is 13.3. The minimum atomic E-state index is 1.21. The summed E-state index contributed by atoms with van der Waals surface area (Å²) in [5.41, 5.74) is 2.42. The van der Waals surface area contributed by atoms with Crippen molar-refractivity contribution in [1.29, 1.82) is 0 Å². The topological polar surface area (TPSA) is 72.9 Å². The Kier molecular flexibility index (Phi) is 5.72. The normalized spacial score (nSPS) is 11.5. The summed E-state index contributed by atoms with van der Waals surface area (Å²) >= 11 is 0. The first-order valence-corrected chi connectivity index (χ1v) is 7.60. The molecule has 1 aliphatic heterocycles. The summed E-state index contributed by atoms with van der Waals surface area (Å²) < 4.78 is 9.17. The van der Waals surface area contributed by atoms with Crippen molar-refractivity contribution in [3.63, 3.8) is 0 Å². The average Bonchev–Trinajstić information content (AvgIpc) is 3.10. The molecule has 0 saturated carbocycles. The Morgan fingerprint density at radius 2 is 1.08 bits per heavy atom. The molecule has 6 nitrogen and oxygen atoms in total. The Labute approximate surface area is 144 Å². The van der Waals surface area contributed by atoms with Crippen molar-refractivity contribution in [3.8, 4) is 0 Å². The van der Waals surface area contributed by atoms with Crippen molar-refractivity contribution in [2.75, 3.05) is 0 Å². The van der Waals surface area contributed by atoms with Gasteiger partial charge in [-0.2, -0.15) is 0 Å². The minimum absolute atomic E-state index is 1.21. The lowest BCUT2D eigenvalue weighted by molar-refractivity contribution is 0.290. The number of nitrogens with zero attached hydrogens (tertiary/aromatic N) is 3. The molecule has 0 bridgehead atoms. The highest BCUT2D eigenvalue weighted by molar-refractivity contribution is 6.06. The van der Waals surface area contributed by atoms with Crippen LogP contribution in [0.25, 0.3) is 21.8 Å². The van der Waals surface area contributed by atoms with Gasteiger partial charge in [0.25, 0.3) is 0 Å². The van der Waals surface area contributed by atoms with Crippen LogP contribution in [0.3, 0.4) is 0 Å². The third kappa shape index (κ3) is 4.65. The zero-order chi connectivity index (χ0) is 17.2. The van der Waals surface area contributed by atoms with Gasteiger partial charge in [0.1, 0.15) is 25.0 Å². The smallest absolute Gasteiger partial charge is 0.125 e. The molecule has 0 aliphatic carbocycles. The van der Waals surface area contributed by atoms with Crippen LogP contribution in [0.1, 0.15) is 0 Å². The lowest BCUT2D eigenvalue weighted by Gasteiger charge is -1.94. The number of para-hydroxylation sites is 2. The van der Waals surface area contributed by atoms with Gasteiger partial charge in [-0.3, -0.25) is 0 Å². The quantitative estimate of drug-likeness (QED) is 0.523. The van der Waals surface area contributed by atoms with E-state index in [9.17, 15) is 0 Å². The first-order valence-electron chi connectivity index (χ1n) is 7.60.